The zero-order valence-electron chi connectivity index (χ0n) is 9.33. The fraction of sp³-hybridized carbons (Fsp3) is 0.214. The number of nitrogen functional groups attached to an aromatic ring is 1. The predicted molar refractivity (Wildman–Crippen MR) is 69.6 cm³/mol. The lowest BCUT2D eigenvalue weighted by Crippen LogP contribution is -1.96. The summed E-state index contributed by atoms with van der Waals surface area (Å²) in [7, 11) is 0. The minimum atomic E-state index is 0.839. The van der Waals surface area contributed by atoms with Crippen LogP contribution in [0.4, 0.5) is 11.4 Å². The van der Waals surface area contributed by atoms with Crippen LogP contribution in [0.3, 0.4) is 0 Å². The molecule has 1 heterocycles. The average molecular weight is 210 g/mol. The number of hydrogen-bond acceptors (Lipinski definition) is 2. The number of nitrogens with two attached hydrogens (primary N) is 1. The Morgan fingerprint density at radius 1 is 1.25 bits per heavy atom. The molecule has 0 spiro atoms. The van der Waals surface area contributed by atoms with Crippen molar-refractivity contribution in [2.45, 2.75) is 19.8 Å². The van der Waals surface area contributed by atoms with Crippen molar-refractivity contribution in [2.75, 3.05) is 5.73 Å². The minimum absolute atomic E-state index is 0.839. The molecular weight excluding hydrogens is 196 g/mol. The molecule has 0 radical (unpaired) electrons. The molecule has 0 fully saturated rings. The van der Waals surface area contributed by atoms with Crippen LogP contribution in [0.2, 0.25) is 0 Å². The first-order chi connectivity index (χ1) is 7.75. The summed E-state index contributed by atoms with van der Waals surface area (Å²) >= 11 is 0. The van der Waals surface area contributed by atoms with Crippen LogP contribution in [-0.2, 0) is 6.42 Å². The molecule has 0 unspecified atom stereocenters. The normalized spacial score (nSPS) is 14.1. The summed E-state index contributed by atoms with van der Waals surface area (Å²) < 4.78 is 0. The number of aliphatic imine (C=N–C) groups is 1. The minimum Gasteiger partial charge on any atom is -0.398 e. The fourth-order valence-corrected chi connectivity index (χ4v) is 2.40. The van der Waals surface area contributed by atoms with Crippen molar-refractivity contribution in [1.29, 1.82) is 0 Å². The number of fused-ring (bicyclic) bond motifs is 3. The number of rotatable bonds is 0. The van der Waals surface area contributed by atoms with Gasteiger partial charge in [-0.1, -0.05) is 18.2 Å². The van der Waals surface area contributed by atoms with Gasteiger partial charge in [-0.05, 0) is 42.3 Å². The Balaban J connectivity index is 2.44. The van der Waals surface area contributed by atoms with E-state index < -0.39 is 0 Å². The summed E-state index contributed by atoms with van der Waals surface area (Å²) in [5.74, 6) is 0. The van der Waals surface area contributed by atoms with Crippen molar-refractivity contribution in [3.8, 4) is 0 Å². The van der Waals surface area contributed by atoms with Gasteiger partial charge in [0.25, 0.3) is 0 Å². The van der Waals surface area contributed by atoms with E-state index >= 15 is 0 Å². The second-order valence-corrected chi connectivity index (χ2v) is 4.38. The van der Waals surface area contributed by atoms with E-state index in [9.17, 15) is 0 Å². The molecule has 2 N–H and O–H groups in total. The first-order valence-electron chi connectivity index (χ1n) is 5.60. The molecule has 0 bridgehead atoms. The summed E-state index contributed by atoms with van der Waals surface area (Å²) in [5.41, 5.74) is 10.5. The number of nitrogens with zero attached hydrogens (tertiary/aromatic N) is 1. The van der Waals surface area contributed by atoms with Crippen LogP contribution in [-0.4, -0.2) is 6.21 Å². The van der Waals surface area contributed by atoms with Crippen LogP contribution in [0.1, 0.15) is 17.5 Å². The molecule has 0 atom stereocenters. The van der Waals surface area contributed by atoms with Crippen molar-refractivity contribution < 1.29 is 0 Å². The standard InChI is InChI=1S/C14H14N2/c1-9-7-11-5-4-10-3-2-6-16-14(10)13(11)12(15)8-9/h4-8H,2-3,15H2,1H3. The highest BCUT2D eigenvalue weighted by atomic mass is 14.7. The van der Waals surface area contributed by atoms with Crippen LogP contribution in [0.15, 0.2) is 29.3 Å². The highest BCUT2D eigenvalue weighted by Crippen LogP contribution is 2.36. The Labute approximate surface area is 94.8 Å². The molecular formula is C14H14N2. The monoisotopic (exact) mass is 210 g/mol. The zero-order chi connectivity index (χ0) is 11.1. The van der Waals surface area contributed by atoms with E-state index in [1.165, 1.54) is 16.5 Å². The van der Waals surface area contributed by atoms with Gasteiger partial charge in [0.2, 0.25) is 0 Å². The third-order valence-corrected chi connectivity index (χ3v) is 3.11. The quantitative estimate of drug-likeness (QED) is 0.665. The van der Waals surface area contributed by atoms with Gasteiger partial charge in [-0.3, -0.25) is 4.99 Å². The van der Waals surface area contributed by atoms with E-state index in [0.717, 1.165) is 29.6 Å². The van der Waals surface area contributed by atoms with Gasteiger partial charge in [0.15, 0.2) is 0 Å². The average Bonchev–Trinajstić information content (AvgIpc) is 2.28. The lowest BCUT2D eigenvalue weighted by molar-refractivity contribution is 1.03. The van der Waals surface area contributed by atoms with Crippen molar-refractivity contribution >= 4 is 28.4 Å². The maximum atomic E-state index is 6.11. The Morgan fingerprint density at radius 2 is 2.12 bits per heavy atom. The predicted octanol–water partition coefficient (Wildman–Crippen LogP) is 3.38. The molecule has 2 aromatic rings. The van der Waals surface area contributed by atoms with Gasteiger partial charge in [0.05, 0.1) is 5.69 Å². The Hall–Kier alpha value is -1.83. The first kappa shape index (κ1) is 9.40. The fourth-order valence-electron chi connectivity index (χ4n) is 2.40. The van der Waals surface area contributed by atoms with Gasteiger partial charge in [-0.15, -0.1) is 0 Å². The summed E-state index contributed by atoms with van der Waals surface area (Å²) in [6, 6.07) is 8.51. The van der Waals surface area contributed by atoms with Gasteiger partial charge < -0.3 is 5.73 Å². The number of anilines is 1. The number of hydrogen-bond donors (Lipinski definition) is 1. The lowest BCUT2D eigenvalue weighted by Gasteiger charge is -2.14. The molecule has 0 amide bonds. The van der Waals surface area contributed by atoms with E-state index in [-0.39, 0.29) is 0 Å². The van der Waals surface area contributed by atoms with E-state index in [1.807, 2.05) is 12.3 Å². The van der Waals surface area contributed by atoms with Crippen LogP contribution in [0.25, 0.3) is 10.8 Å². The van der Waals surface area contributed by atoms with Crippen LogP contribution >= 0.6 is 0 Å². The summed E-state index contributed by atoms with van der Waals surface area (Å²) in [5, 5.41) is 2.30. The SMILES string of the molecule is Cc1cc(N)c2c3c(ccc2c1)CCC=N3. The smallest absolute Gasteiger partial charge is 0.0756 e. The zero-order valence-corrected chi connectivity index (χ0v) is 9.33. The Morgan fingerprint density at radius 3 is 3.00 bits per heavy atom. The highest BCUT2D eigenvalue weighted by Gasteiger charge is 2.11. The molecule has 0 saturated heterocycles. The molecule has 80 valence electrons. The number of aryl methyl sites for hydroxylation is 2. The molecule has 2 nitrogen and oxygen atoms in total. The largest absolute Gasteiger partial charge is 0.398 e. The van der Waals surface area contributed by atoms with Gasteiger partial charge in [0, 0.05) is 17.3 Å². The van der Waals surface area contributed by atoms with E-state index in [4.69, 9.17) is 5.73 Å². The molecule has 1 aliphatic heterocycles. The van der Waals surface area contributed by atoms with Gasteiger partial charge in [-0.25, -0.2) is 0 Å². The topological polar surface area (TPSA) is 38.4 Å². The Kier molecular flexibility index (Phi) is 1.96. The summed E-state index contributed by atoms with van der Waals surface area (Å²) in [6.45, 7) is 2.07. The molecule has 1 aliphatic rings. The molecule has 3 rings (SSSR count). The van der Waals surface area contributed by atoms with Crippen LogP contribution in [0, 0.1) is 6.92 Å². The second kappa shape index (κ2) is 3.34. The lowest BCUT2D eigenvalue weighted by atomic mass is 9.97. The van der Waals surface area contributed by atoms with Crippen molar-refractivity contribution in [1.82, 2.24) is 0 Å². The van der Waals surface area contributed by atoms with Crippen LogP contribution in [0.5, 0.6) is 0 Å². The van der Waals surface area contributed by atoms with Crippen molar-refractivity contribution in [3.05, 3.63) is 35.4 Å². The highest BCUT2D eigenvalue weighted by molar-refractivity contribution is 6.04. The maximum absolute atomic E-state index is 6.11. The molecule has 0 aromatic heterocycles. The molecule has 0 aliphatic carbocycles. The Bertz CT molecular complexity index is 597. The molecule has 0 saturated carbocycles. The molecule has 2 heteroatoms. The third kappa shape index (κ3) is 1.30. The maximum Gasteiger partial charge on any atom is 0.0756 e. The third-order valence-electron chi connectivity index (χ3n) is 3.11. The first-order valence-corrected chi connectivity index (χ1v) is 5.60. The molecule has 2 aromatic carbocycles. The number of benzene rings is 2. The van der Waals surface area contributed by atoms with Gasteiger partial charge in [-0.2, -0.15) is 0 Å². The van der Waals surface area contributed by atoms with Crippen LogP contribution < -0.4 is 5.73 Å². The van der Waals surface area contributed by atoms with Gasteiger partial charge >= 0.3 is 0 Å². The van der Waals surface area contributed by atoms with Crippen molar-refractivity contribution in [3.63, 3.8) is 0 Å². The summed E-state index contributed by atoms with van der Waals surface area (Å²) in [4.78, 5) is 4.51. The van der Waals surface area contributed by atoms with E-state index in [0.29, 0.717) is 0 Å². The van der Waals surface area contributed by atoms with Crippen molar-refractivity contribution in [2.24, 2.45) is 4.99 Å². The van der Waals surface area contributed by atoms with Gasteiger partial charge in [0.1, 0.15) is 0 Å². The molecule has 16 heavy (non-hydrogen) atoms. The summed E-state index contributed by atoms with van der Waals surface area (Å²) in [6.07, 6.45) is 4.09. The second-order valence-electron chi connectivity index (χ2n) is 4.38. The van der Waals surface area contributed by atoms with E-state index in [2.05, 4.69) is 30.1 Å². The van der Waals surface area contributed by atoms with E-state index in [1.54, 1.807) is 0 Å².